The summed E-state index contributed by atoms with van der Waals surface area (Å²) in [5.41, 5.74) is 0.510. The number of rotatable bonds is 6. The Morgan fingerprint density at radius 1 is 1.00 bits per heavy atom. The van der Waals surface area contributed by atoms with E-state index in [9.17, 15) is 0 Å². The van der Waals surface area contributed by atoms with Gasteiger partial charge < -0.3 is 5.32 Å². The molecule has 3 aliphatic rings. The van der Waals surface area contributed by atoms with Crippen LogP contribution in [0.15, 0.2) is 0 Å². The number of likely N-dealkylation sites (tertiary alicyclic amines) is 1. The molecule has 0 amide bonds. The molecular weight excluding hydrogens is 244 g/mol. The second kappa shape index (κ2) is 6.79. The van der Waals surface area contributed by atoms with Crippen molar-refractivity contribution in [2.45, 2.75) is 89.1 Å². The van der Waals surface area contributed by atoms with Crippen LogP contribution in [0, 0.1) is 5.92 Å². The molecule has 1 N–H and O–H groups in total. The smallest absolute Gasteiger partial charge is 0.0334 e. The molecular formula is C18H34N2. The summed E-state index contributed by atoms with van der Waals surface area (Å²) < 4.78 is 0. The van der Waals surface area contributed by atoms with Gasteiger partial charge in [0.05, 0.1) is 0 Å². The fraction of sp³-hybridized carbons (Fsp3) is 1.00. The van der Waals surface area contributed by atoms with Crippen molar-refractivity contribution in [2.75, 3.05) is 19.6 Å². The van der Waals surface area contributed by atoms with Gasteiger partial charge in [0, 0.05) is 18.1 Å². The lowest BCUT2D eigenvalue weighted by atomic mass is 9.79. The number of hydrogen-bond donors (Lipinski definition) is 1. The summed E-state index contributed by atoms with van der Waals surface area (Å²) in [7, 11) is 0. The first-order chi connectivity index (χ1) is 9.78. The molecule has 2 aliphatic carbocycles. The molecule has 1 aliphatic heterocycles. The minimum Gasteiger partial charge on any atom is -0.312 e. The zero-order valence-corrected chi connectivity index (χ0v) is 13.5. The van der Waals surface area contributed by atoms with E-state index in [4.69, 9.17) is 0 Å². The van der Waals surface area contributed by atoms with Crippen molar-refractivity contribution in [3.8, 4) is 0 Å². The molecule has 1 heterocycles. The average Bonchev–Trinajstić information content (AvgIpc) is 3.31. The monoisotopic (exact) mass is 278 g/mol. The highest BCUT2D eigenvalue weighted by Gasteiger charge is 2.38. The topological polar surface area (TPSA) is 15.3 Å². The lowest BCUT2D eigenvalue weighted by Crippen LogP contribution is -2.58. The van der Waals surface area contributed by atoms with Crippen molar-refractivity contribution >= 4 is 0 Å². The molecule has 1 saturated heterocycles. The van der Waals surface area contributed by atoms with E-state index in [0.29, 0.717) is 5.54 Å². The van der Waals surface area contributed by atoms with Crippen molar-refractivity contribution in [1.82, 2.24) is 10.2 Å². The normalized spacial score (nSPS) is 29.2. The van der Waals surface area contributed by atoms with E-state index in [1.807, 2.05) is 0 Å². The Morgan fingerprint density at radius 2 is 1.65 bits per heavy atom. The van der Waals surface area contributed by atoms with Gasteiger partial charge in [-0.3, -0.25) is 4.90 Å². The first-order valence-electron chi connectivity index (χ1n) is 9.27. The highest BCUT2D eigenvalue weighted by molar-refractivity contribution is 4.96. The maximum Gasteiger partial charge on any atom is 0.0334 e. The minimum absolute atomic E-state index is 0.510. The first kappa shape index (κ1) is 14.8. The van der Waals surface area contributed by atoms with Gasteiger partial charge in [-0.1, -0.05) is 38.5 Å². The Bertz CT molecular complexity index is 286. The van der Waals surface area contributed by atoms with Crippen LogP contribution in [0.2, 0.25) is 0 Å². The number of hydrogen-bond acceptors (Lipinski definition) is 2. The summed E-state index contributed by atoms with van der Waals surface area (Å²) in [6.45, 7) is 6.38. The van der Waals surface area contributed by atoms with Gasteiger partial charge >= 0.3 is 0 Å². The zero-order chi connectivity index (χ0) is 13.8. The van der Waals surface area contributed by atoms with Crippen LogP contribution in [0.3, 0.4) is 0 Å². The Kier molecular flexibility index (Phi) is 5.04. The molecule has 0 aromatic rings. The third-order valence-corrected chi connectivity index (χ3v) is 5.97. The quantitative estimate of drug-likeness (QED) is 0.791. The molecule has 0 bridgehead atoms. The standard InChI is InChI=1S/C18H34N2/c1-16(14-17-8-9-17)19-15-18(10-4-2-5-11-18)20-12-6-3-7-13-20/h16-17,19H,2-15H2,1H3. The second-order valence-corrected chi connectivity index (χ2v) is 7.79. The van der Waals surface area contributed by atoms with Gasteiger partial charge in [0.15, 0.2) is 0 Å². The van der Waals surface area contributed by atoms with E-state index in [2.05, 4.69) is 17.1 Å². The fourth-order valence-corrected chi connectivity index (χ4v) is 4.48. The molecule has 2 saturated carbocycles. The number of nitrogens with zero attached hydrogens (tertiary/aromatic N) is 1. The van der Waals surface area contributed by atoms with Crippen molar-refractivity contribution in [1.29, 1.82) is 0 Å². The molecule has 0 aromatic carbocycles. The van der Waals surface area contributed by atoms with Crippen molar-refractivity contribution in [2.24, 2.45) is 5.92 Å². The summed E-state index contributed by atoms with van der Waals surface area (Å²) in [6.07, 6.45) is 16.0. The Labute approximate surface area is 125 Å². The largest absolute Gasteiger partial charge is 0.312 e. The molecule has 1 unspecified atom stereocenters. The summed E-state index contributed by atoms with van der Waals surface area (Å²) in [5.74, 6) is 1.05. The van der Waals surface area contributed by atoms with Crippen LogP contribution in [-0.2, 0) is 0 Å². The molecule has 0 aromatic heterocycles. The van der Waals surface area contributed by atoms with E-state index in [0.717, 1.165) is 12.0 Å². The van der Waals surface area contributed by atoms with Crippen LogP contribution in [0.4, 0.5) is 0 Å². The zero-order valence-electron chi connectivity index (χ0n) is 13.5. The fourth-order valence-electron chi connectivity index (χ4n) is 4.48. The van der Waals surface area contributed by atoms with Gasteiger partial charge in [-0.2, -0.15) is 0 Å². The van der Waals surface area contributed by atoms with Crippen LogP contribution in [0.5, 0.6) is 0 Å². The molecule has 0 radical (unpaired) electrons. The highest BCUT2D eigenvalue weighted by Crippen LogP contribution is 2.36. The molecule has 3 rings (SSSR count). The molecule has 2 heteroatoms. The predicted octanol–water partition coefficient (Wildman–Crippen LogP) is 3.95. The van der Waals surface area contributed by atoms with Gasteiger partial charge in [-0.15, -0.1) is 0 Å². The van der Waals surface area contributed by atoms with Crippen LogP contribution in [-0.4, -0.2) is 36.1 Å². The number of nitrogens with one attached hydrogen (secondary N) is 1. The molecule has 1 atom stereocenters. The molecule has 3 fully saturated rings. The van der Waals surface area contributed by atoms with E-state index in [-0.39, 0.29) is 0 Å². The Hall–Kier alpha value is -0.0800. The maximum atomic E-state index is 3.92. The van der Waals surface area contributed by atoms with E-state index < -0.39 is 0 Å². The van der Waals surface area contributed by atoms with E-state index in [1.165, 1.54) is 90.3 Å². The van der Waals surface area contributed by atoms with E-state index in [1.54, 1.807) is 0 Å². The second-order valence-electron chi connectivity index (χ2n) is 7.79. The Morgan fingerprint density at radius 3 is 2.30 bits per heavy atom. The Balaban J connectivity index is 1.55. The van der Waals surface area contributed by atoms with Crippen molar-refractivity contribution < 1.29 is 0 Å². The van der Waals surface area contributed by atoms with E-state index >= 15 is 0 Å². The van der Waals surface area contributed by atoms with Gasteiger partial charge in [0.25, 0.3) is 0 Å². The molecule has 116 valence electrons. The van der Waals surface area contributed by atoms with Crippen LogP contribution in [0.1, 0.15) is 77.6 Å². The maximum absolute atomic E-state index is 3.92. The predicted molar refractivity (Wildman–Crippen MR) is 86.0 cm³/mol. The van der Waals surface area contributed by atoms with Gasteiger partial charge in [-0.25, -0.2) is 0 Å². The third-order valence-electron chi connectivity index (χ3n) is 5.97. The highest BCUT2D eigenvalue weighted by atomic mass is 15.2. The molecule has 2 nitrogen and oxygen atoms in total. The number of piperidine rings is 1. The third kappa shape index (κ3) is 3.76. The van der Waals surface area contributed by atoms with Gasteiger partial charge in [-0.05, 0) is 58.0 Å². The van der Waals surface area contributed by atoms with Gasteiger partial charge in [0.1, 0.15) is 0 Å². The summed E-state index contributed by atoms with van der Waals surface area (Å²) in [4.78, 5) is 2.87. The summed E-state index contributed by atoms with van der Waals surface area (Å²) in [5, 5.41) is 3.92. The molecule has 0 spiro atoms. The summed E-state index contributed by atoms with van der Waals surface area (Å²) in [6, 6.07) is 0.728. The van der Waals surface area contributed by atoms with Crippen LogP contribution in [0.25, 0.3) is 0 Å². The lowest BCUT2D eigenvalue weighted by molar-refractivity contribution is 0.0315. The van der Waals surface area contributed by atoms with Crippen molar-refractivity contribution in [3.63, 3.8) is 0 Å². The summed E-state index contributed by atoms with van der Waals surface area (Å²) >= 11 is 0. The lowest BCUT2D eigenvalue weighted by Gasteiger charge is -2.49. The molecule has 20 heavy (non-hydrogen) atoms. The SMILES string of the molecule is CC(CC1CC1)NCC1(N2CCCCC2)CCCCC1. The minimum atomic E-state index is 0.510. The van der Waals surface area contributed by atoms with Crippen molar-refractivity contribution in [3.05, 3.63) is 0 Å². The van der Waals surface area contributed by atoms with Gasteiger partial charge in [0.2, 0.25) is 0 Å². The van der Waals surface area contributed by atoms with Crippen LogP contribution < -0.4 is 5.32 Å². The first-order valence-corrected chi connectivity index (χ1v) is 9.27. The van der Waals surface area contributed by atoms with Crippen LogP contribution >= 0.6 is 0 Å². The average molecular weight is 278 g/mol.